The predicted molar refractivity (Wildman–Crippen MR) is 145 cm³/mol. The molecule has 2 nitrogen and oxygen atoms in total. The van der Waals surface area contributed by atoms with E-state index in [0.717, 1.165) is 24.9 Å². The zero-order chi connectivity index (χ0) is 22.4. The number of hydrogen-bond donors (Lipinski definition) is 0. The zero-order valence-electron chi connectivity index (χ0n) is 19.0. The van der Waals surface area contributed by atoms with Crippen molar-refractivity contribution in [2.24, 2.45) is 0 Å². The van der Waals surface area contributed by atoms with Crippen molar-refractivity contribution in [1.82, 2.24) is 4.40 Å². The van der Waals surface area contributed by atoms with Gasteiger partial charge in [0.2, 0.25) is 0 Å². The Balaban J connectivity index is 1.43. The summed E-state index contributed by atoms with van der Waals surface area (Å²) in [6, 6.07) is 31.0. The summed E-state index contributed by atoms with van der Waals surface area (Å²) in [7, 11) is 1.00. The Bertz CT molecular complexity index is 1990. The van der Waals surface area contributed by atoms with Gasteiger partial charge in [0.15, 0.2) is 7.28 Å². The number of nitrogens with zero attached hydrogens (tertiary/aromatic N) is 1. The van der Waals surface area contributed by atoms with Crippen LogP contribution in [0.1, 0.15) is 17.0 Å². The van der Waals surface area contributed by atoms with Crippen molar-refractivity contribution in [3.63, 3.8) is 0 Å². The molecule has 7 aromatic rings. The third-order valence-electron chi connectivity index (χ3n) is 7.88. The largest absolute Gasteiger partial charge is 0.456 e. The smallest absolute Gasteiger partial charge is 0.155 e. The first-order chi connectivity index (χ1) is 16.8. The third-order valence-corrected chi connectivity index (χ3v) is 7.88. The lowest BCUT2D eigenvalue weighted by atomic mass is 9.71. The van der Waals surface area contributed by atoms with Gasteiger partial charge >= 0.3 is 0 Å². The van der Waals surface area contributed by atoms with E-state index < -0.39 is 0 Å². The molecule has 0 spiro atoms. The summed E-state index contributed by atoms with van der Waals surface area (Å²) in [4.78, 5) is 0. The highest BCUT2D eigenvalue weighted by molar-refractivity contribution is 6.56. The molecule has 160 valence electrons. The summed E-state index contributed by atoms with van der Waals surface area (Å²) in [6.07, 6.45) is 3.52. The summed E-state index contributed by atoms with van der Waals surface area (Å²) in [5, 5.41) is 6.62. The lowest BCUT2D eigenvalue weighted by molar-refractivity contribution is 0.669. The van der Waals surface area contributed by atoms with E-state index in [-0.39, 0.29) is 0 Å². The number of para-hydroxylation sites is 2. The molecule has 0 bridgehead atoms. The van der Waals surface area contributed by atoms with Gasteiger partial charge < -0.3 is 8.82 Å². The zero-order valence-corrected chi connectivity index (χ0v) is 19.0. The molecule has 1 atom stereocenters. The minimum Gasteiger partial charge on any atom is -0.456 e. The van der Waals surface area contributed by atoms with E-state index in [4.69, 9.17) is 4.42 Å². The van der Waals surface area contributed by atoms with Gasteiger partial charge in [-0.1, -0.05) is 73.0 Å². The summed E-state index contributed by atoms with van der Waals surface area (Å²) >= 11 is 0. The minimum atomic E-state index is 0.330. The molecule has 34 heavy (non-hydrogen) atoms. The van der Waals surface area contributed by atoms with Gasteiger partial charge in [-0.3, -0.25) is 0 Å². The van der Waals surface area contributed by atoms with Crippen molar-refractivity contribution >= 4 is 68.1 Å². The van der Waals surface area contributed by atoms with Crippen molar-refractivity contribution in [3.8, 4) is 0 Å². The third kappa shape index (κ3) is 2.27. The highest BCUT2D eigenvalue weighted by atomic mass is 16.3. The minimum absolute atomic E-state index is 0.330. The van der Waals surface area contributed by atoms with Crippen LogP contribution in [-0.4, -0.2) is 11.7 Å². The number of furan rings is 1. The van der Waals surface area contributed by atoms with E-state index >= 15 is 0 Å². The Kier molecular flexibility index (Phi) is 3.55. The summed E-state index contributed by atoms with van der Waals surface area (Å²) < 4.78 is 8.69. The van der Waals surface area contributed by atoms with Crippen molar-refractivity contribution in [2.45, 2.75) is 19.2 Å². The molecule has 0 fully saturated rings. The van der Waals surface area contributed by atoms with E-state index in [1.165, 1.54) is 59.9 Å². The first-order valence-electron chi connectivity index (χ1n) is 12.2. The quantitative estimate of drug-likeness (QED) is 0.300. The molecule has 0 amide bonds. The molecule has 0 saturated heterocycles. The molecule has 1 aliphatic rings. The van der Waals surface area contributed by atoms with Crippen LogP contribution in [0.3, 0.4) is 0 Å². The van der Waals surface area contributed by atoms with Crippen LogP contribution in [-0.2, 0) is 6.42 Å². The average Bonchev–Trinajstić information content (AvgIpc) is 3.54. The Morgan fingerprint density at radius 2 is 1.59 bits per heavy atom. The van der Waals surface area contributed by atoms with Crippen LogP contribution in [0.4, 0.5) is 0 Å². The molecule has 3 heteroatoms. The van der Waals surface area contributed by atoms with Crippen LogP contribution in [0.25, 0.3) is 55.3 Å². The maximum absolute atomic E-state index is 6.22. The Hall–Kier alpha value is -3.98. The Morgan fingerprint density at radius 3 is 2.44 bits per heavy atom. The van der Waals surface area contributed by atoms with Crippen molar-refractivity contribution in [1.29, 1.82) is 0 Å². The van der Waals surface area contributed by atoms with Gasteiger partial charge in [0.25, 0.3) is 0 Å². The number of fused-ring (bicyclic) bond motifs is 9. The maximum atomic E-state index is 6.22. The fourth-order valence-corrected chi connectivity index (χ4v) is 6.38. The highest BCUT2D eigenvalue weighted by Crippen LogP contribution is 2.38. The van der Waals surface area contributed by atoms with E-state index in [0.29, 0.717) is 5.92 Å². The van der Waals surface area contributed by atoms with Gasteiger partial charge in [-0.15, -0.1) is 0 Å². The van der Waals surface area contributed by atoms with Crippen molar-refractivity contribution < 1.29 is 4.42 Å². The average molecular weight is 435 g/mol. The number of rotatable bonds is 2. The van der Waals surface area contributed by atoms with Gasteiger partial charge in [0.05, 0.1) is 16.6 Å². The molecule has 1 aliphatic carbocycles. The molecular formula is C31H22BNO. The first kappa shape index (κ1) is 18.5. The molecule has 1 unspecified atom stereocenters. The Morgan fingerprint density at radius 1 is 0.794 bits per heavy atom. The molecule has 8 rings (SSSR count). The number of hydrogen-bond acceptors (Lipinski definition) is 1. The lowest BCUT2D eigenvalue weighted by Gasteiger charge is -2.17. The molecule has 0 aliphatic heterocycles. The highest BCUT2D eigenvalue weighted by Gasteiger charge is 2.25. The normalized spacial score (nSPS) is 15.6. The van der Waals surface area contributed by atoms with E-state index in [1.807, 2.05) is 0 Å². The van der Waals surface area contributed by atoms with Gasteiger partial charge in [0.1, 0.15) is 11.2 Å². The summed E-state index contributed by atoms with van der Waals surface area (Å²) in [5.74, 6) is 0.330. The van der Waals surface area contributed by atoms with E-state index in [9.17, 15) is 0 Å². The second-order valence-corrected chi connectivity index (χ2v) is 9.59. The van der Waals surface area contributed by atoms with Crippen LogP contribution >= 0.6 is 0 Å². The molecular weight excluding hydrogens is 413 g/mol. The molecule has 0 saturated carbocycles. The standard InChI is InChI=1S/C31H22BNO/c1-32-25-9-6-12-29-30(25)24-15-18(13-14-28(24)34-29)19-16-22-20-7-2-4-10-26(20)33-27-11-5-3-8-21(27)23(17-19)31(22)33/h2-16,19,32H,17H2,1H3. The first-order valence-corrected chi connectivity index (χ1v) is 12.2. The van der Waals surface area contributed by atoms with Crippen LogP contribution in [0.15, 0.2) is 89.3 Å². The van der Waals surface area contributed by atoms with E-state index in [2.05, 4.69) is 102 Å². The predicted octanol–water partition coefficient (Wildman–Crippen LogP) is 6.09. The number of benzene rings is 4. The monoisotopic (exact) mass is 435 g/mol. The number of aromatic nitrogens is 1. The van der Waals surface area contributed by atoms with Crippen LogP contribution in [0, 0.1) is 0 Å². The summed E-state index contributed by atoms with van der Waals surface area (Å²) in [6.45, 7) is 2.22. The molecule has 4 aromatic carbocycles. The Labute approximate surface area is 197 Å². The van der Waals surface area contributed by atoms with Gasteiger partial charge in [-0.05, 0) is 47.9 Å². The second kappa shape index (κ2) is 6.54. The fourth-order valence-electron chi connectivity index (χ4n) is 6.38. The molecule has 3 aromatic heterocycles. The SMILES string of the molecule is CBc1cccc2oc3ccc(C4C=c5c6ccccc6n6c5c(c5ccccc56)C4)cc3c12. The molecule has 0 radical (unpaired) electrons. The lowest BCUT2D eigenvalue weighted by Crippen LogP contribution is -2.13. The topological polar surface area (TPSA) is 17.6 Å². The summed E-state index contributed by atoms with van der Waals surface area (Å²) in [5.41, 5.74) is 10.2. The van der Waals surface area contributed by atoms with Gasteiger partial charge in [-0.2, -0.15) is 0 Å². The van der Waals surface area contributed by atoms with Crippen molar-refractivity contribution in [3.05, 3.63) is 101 Å². The van der Waals surface area contributed by atoms with Crippen LogP contribution in [0.5, 0.6) is 0 Å². The van der Waals surface area contributed by atoms with E-state index in [1.54, 1.807) is 0 Å². The van der Waals surface area contributed by atoms with Crippen LogP contribution < -0.4 is 10.7 Å². The van der Waals surface area contributed by atoms with Crippen molar-refractivity contribution in [2.75, 3.05) is 0 Å². The molecule has 3 heterocycles. The van der Waals surface area contributed by atoms with Gasteiger partial charge in [-0.25, -0.2) is 0 Å². The fraction of sp³-hybridized carbons (Fsp3) is 0.0968. The van der Waals surface area contributed by atoms with Crippen LogP contribution in [0.2, 0.25) is 6.82 Å². The second-order valence-electron chi connectivity index (χ2n) is 9.59. The van der Waals surface area contributed by atoms with Gasteiger partial charge in [0, 0.05) is 32.7 Å². The molecule has 0 N–H and O–H groups in total. The maximum Gasteiger partial charge on any atom is 0.155 e.